The third kappa shape index (κ3) is 1.43. The van der Waals surface area contributed by atoms with Crippen LogP contribution in [0.1, 0.15) is 32.1 Å². The number of nitrogens with zero attached hydrogens (tertiary/aromatic N) is 2. The molecule has 0 spiro atoms. The Hall–Kier alpha value is -0.470. The summed E-state index contributed by atoms with van der Waals surface area (Å²) in [4.78, 5) is 14.9. The number of hydrogen-bond acceptors (Lipinski definition) is 1. The Morgan fingerprint density at radius 3 is 2.44 bits per heavy atom. The van der Waals surface area contributed by atoms with Gasteiger partial charge in [0.15, 0.2) is 0 Å². The van der Waals surface area contributed by atoms with Gasteiger partial charge in [-0.25, -0.2) is 0 Å². The molecule has 3 nitrogen and oxygen atoms in total. The summed E-state index contributed by atoms with van der Waals surface area (Å²) >= 11 is 3.83. The zero-order valence-corrected chi connectivity index (χ0v) is 10.7. The minimum absolute atomic E-state index is 0.0000231. The predicted octanol–water partition coefficient (Wildman–Crippen LogP) is 2.45. The van der Waals surface area contributed by atoms with Gasteiger partial charge in [0.25, 0.3) is 0 Å². The van der Waals surface area contributed by atoms with Crippen LogP contribution in [0.4, 0.5) is 0 Å². The summed E-state index contributed by atoms with van der Waals surface area (Å²) in [6.45, 7) is 0. The summed E-state index contributed by atoms with van der Waals surface area (Å²) in [6.07, 6.45) is 7.08. The molecule has 0 radical (unpaired) electrons. The molecular weight excluding hydrogens is 268 g/mol. The van der Waals surface area contributed by atoms with Crippen molar-refractivity contribution in [3.8, 4) is 0 Å². The number of hydrogen-bond donors (Lipinski definition) is 0. The first-order chi connectivity index (χ1) is 7.62. The molecule has 3 atom stereocenters. The van der Waals surface area contributed by atoms with E-state index in [9.17, 15) is 4.79 Å². The number of carbonyl (C=O) groups excluding carboxylic acids is 1. The molecule has 4 heteroatoms. The fourth-order valence-electron chi connectivity index (χ4n) is 4.57. The Kier molecular flexibility index (Phi) is 2.34. The second-order valence-corrected chi connectivity index (χ2v) is 7.35. The van der Waals surface area contributed by atoms with Gasteiger partial charge in [-0.1, -0.05) is 15.9 Å². The fraction of sp³-hybridized carbons (Fsp3) is 0.833. The van der Waals surface area contributed by atoms with Gasteiger partial charge in [-0.05, 0) is 49.9 Å². The average molecular weight is 283 g/mol. The Bertz CT molecular complexity index is 374. The van der Waals surface area contributed by atoms with Crippen LogP contribution in [-0.4, -0.2) is 21.1 Å². The molecule has 4 rings (SSSR count). The Morgan fingerprint density at radius 1 is 1.31 bits per heavy atom. The third-order valence-electron chi connectivity index (χ3n) is 4.72. The maximum Gasteiger partial charge on any atom is 0.323 e. The molecule has 86 valence electrons. The molecule has 0 aromatic heterocycles. The highest BCUT2D eigenvalue weighted by molar-refractivity contribution is 9.10. The normalized spacial score (nSPS) is 48.8. The van der Waals surface area contributed by atoms with Crippen LogP contribution >= 0.6 is 15.9 Å². The van der Waals surface area contributed by atoms with E-state index in [1.54, 1.807) is 0 Å². The molecule has 4 bridgehead atoms. The van der Waals surface area contributed by atoms with Crippen LogP contribution in [0.5, 0.6) is 0 Å². The Balaban J connectivity index is 1.94. The van der Waals surface area contributed by atoms with Crippen LogP contribution < -0.4 is 0 Å². The number of halogens is 1. The number of ketones is 1. The van der Waals surface area contributed by atoms with E-state index in [2.05, 4.69) is 20.7 Å². The topological polar surface area (TPSA) is 53.5 Å². The Morgan fingerprint density at radius 2 is 1.94 bits per heavy atom. The van der Waals surface area contributed by atoms with E-state index >= 15 is 0 Å². The first kappa shape index (κ1) is 10.7. The van der Waals surface area contributed by atoms with E-state index in [4.69, 9.17) is 5.53 Å². The van der Waals surface area contributed by atoms with Crippen molar-refractivity contribution in [2.45, 2.75) is 36.4 Å². The van der Waals surface area contributed by atoms with Gasteiger partial charge in [-0.15, -0.1) is 0 Å². The van der Waals surface area contributed by atoms with Crippen molar-refractivity contribution in [1.29, 1.82) is 0 Å². The largest absolute Gasteiger partial charge is 0.361 e. The molecule has 4 aliphatic carbocycles. The maximum atomic E-state index is 12.0. The molecule has 16 heavy (non-hydrogen) atoms. The summed E-state index contributed by atoms with van der Waals surface area (Å²) in [5.41, 5.74) is 8.51. The van der Waals surface area contributed by atoms with Crippen LogP contribution in [0, 0.1) is 23.7 Å². The second kappa shape index (κ2) is 3.51. The van der Waals surface area contributed by atoms with Gasteiger partial charge in [-0.2, -0.15) is 4.79 Å². The molecule has 0 aliphatic heterocycles. The van der Waals surface area contributed by atoms with E-state index in [0.29, 0.717) is 5.92 Å². The van der Waals surface area contributed by atoms with Crippen molar-refractivity contribution >= 4 is 27.9 Å². The number of Topliss-reactive ketones (excluding diaryl/α,β-unsaturated/α-hetero) is 1. The van der Waals surface area contributed by atoms with Gasteiger partial charge in [0.1, 0.15) is 0 Å². The molecule has 0 heterocycles. The summed E-state index contributed by atoms with van der Waals surface area (Å²) < 4.78 is 0.0000231. The fourth-order valence-corrected chi connectivity index (χ4v) is 6.08. The molecule has 0 amide bonds. The maximum absolute atomic E-state index is 12.0. The van der Waals surface area contributed by atoms with Crippen LogP contribution in [0.2, 0.25) is 0 Å². The SMILES string of the molecule is [N-]=[N+]=CC(=O)C1C2CC3CC(C2)CC1(Br)C3. The molecule has 3 unspecified atom stereocenters. The zero-order valence-electron chi connectivity index (χ0n) is 9.10. The van der Waals surface area contributed by atoms with Gasteiger partial charge in [0.2, 0.25) is 5.78 Å². The zero-order chi connectivity index (χ0) is 11.3. The van der Waals surface area contributed by atoms with Crippen molar-refractivity contribution < 1.29 is 9.58 Å². The monoisotopic (exact) mass is 282 g/mol. The quantitative estimate of drug-likeness (QED) is 0.332. The molecule has 4 saturated carbocycles. The van der Waals surface area contributed by atoms with E-state index in [0.717, 1.165) is 30.9 Å². The predicted molar refractivity (Wildman–Crippen MR) is 63.4 cm³/mol. The average Bonchev–Trinajstić information content (AvgIpc) is 2.14. The lowest BCUT2D eigenvalue weighted by Gasteiger charge is -2.57. The highest BCUT2D eigenvalue weighted by Crippen LogP contribution is 2.61. The highest BCUT2D eigenvalue weighted by Gasteiger charge is 2.58. The van der Waals surface area contributed by atoms with Crippen LogP contribution in [0.15, 0.2) is 0 Å². The van der Waals surface area contributed by atoms with Crippen molar-refractivity contribution in [2.75, 3.05) is 0 Å². The van der Waals surface area contributed by atoms with E-state index in [1.165, 1.54) is 19.3 Å². The van der Waals surface area contributed by atoms with Crippen molar-refractivity contribution in [1.82, 2.24) is 0 Å². The van der Waals surface area contributed by atoms with E-state index in [-0.39, 0.29) is 16.0 Å². The lowest BCUT2D eigenvalue weighted by molar-refractivity contribution is -0.129. The second-order valence-electron chi connectivity index (χ2n) is 5.77. The summed E-state index contributed by atoms with van der Waals surface area (Å²) in [6, 6.07) is 0. The third-order valence-corrected chi connectivity index (χ3v) is 5.86. The lowest BCUT2D eigenvalue weighted by atomic mass is 9.51. The van der Waals surface area contributed by atoms with E-state index in [1.807, 2.05) is 0 Å². The molecule has 0 aromatic carbocycles. The molecule has 0 aromatic rings. The molecule has 0 saturated heterocycles. The van der Waals surface area contributed by atoms with Crippen LogP contribution in [-0.2, 0) is 4.79 Å². The summed E-state index contributed by atoms with van der Waals surface area (Å²) in [5.74, 6) is 2.18. The molecule has 4 fully saturated rings. The number of alkyl halides is 1. The first-order valence-corrected chi connectivity index (χ1v) is 6.82. The molecule has 0 N–H and O–H groups in total. The number of carbonyl (C=O) groups is 1. The van der Waals surface area contributed by atoms with Crippen molar-refractivity contribution in [2.24, 2.45) is 23.7 Å². The molecular formula is C12H15BrN2O. The van der Waals surface area contributed by atoms with Gasteiger partial charge in [0, 0.05) is 10.2 Å². The minimum Gasteiger partial charge on any atom is -0.361 e. The van der Waals surface area contributed by atoms with Gasteiger partial charge < -0.3 is 5.53 Å². The summed E-state index contributed by atoms with van der Waals surface area (Å²) in [5, 5.41) is 0. The standard InChI is InChI=1S/C12H15BrN2O/c13-12-4-7-1-8(5-12)3-9(2-7)11(12)10(16)6-15-14/h6-9,11H,1-5H2. The van der Waals surface area contributed by atoms with Crippen LogP contribution in [0.3, 0.4) is 0 Å². The smallest absolute Gasteiger partial charge is 0.323 e. The van der Waals surface area contributed by atoms with Crippen molar-refractivity contribution in [3.63, 3.8) is 0 Å². The van der Waals surface area contributed by atoms with Crippen molar-refractivity contribution in [3.05, 3.63) is 5.53 Å². The highest BCUT2D eigenvalue weighted by atomic mass is 79.9. The van der Waals surface area contributed by atoms with Gasteiger partial charge >= 0.3 is 6.21 Å². The van der Waals surface area contributed by atoms with Crippen LogP contribution in [0.25, 0.3) is 5.53 Å². The van der Waals surface area contributed by atoms with E-state index < -0.39 is 0 Å². The summed E-state index contributed by atoms with van der Waals surface area (Å²) in [7, 11) is 0. The Labute approximate surface area is 103 Å². The van der Waals surface area contributed by atoms with Gasteiger partial charge in [0.05, 0.1) is 0 Å². The minimum atomic E-state index is 0.0000231. The van der Waals surface area contributed by atoms with Gasteiger partial charge in [-0.3, -0.25) is 4.79 Å². The molecule has 4 aliphatic rings. The first-order valence-electron chi connectivity index (χ1n) is 6.02. The number of rotatable bonds is 2. The lowest BCUT2D eigenvalue weighted by Crippen LogP contribution is -2.56.